The maximum atomic E-state index is 12.8. The number of aromatic nitrogens is 1. The van der Waals surface area contributed by atoms with Crippen LogP contribution in [0.2, 0.25) is 0 Å². The molecule has 0 unspecified atom stereocenters. The SMILES string of the molecule is CC(CCC(=O)OC[C@H]1O[C@H](C#Cc2ccccc2)C=C[C@@H]1Oc1ccc(C)cc1)=NO[C@@H](C)CN1CCCCc2nc(C)c(C)cc21. The van der Waals surface area contributed by atoms with Gasteiger partial charge in [-0.15, -0.1) is 0 Å². The van der Waals surface area contributed by atoms with E-state index in [1.165, 1.54) is 16.9 Å². The van der Waals surface area contributed by atoms with Crippen LogP contribution in [0.5, 0.6) is 5.75 Å². The van der Waals surface area contributed by atoms with Crippen molar-refractivity contribution >= 4 is 17.4 Å². The smallest absolute Gasteiger partial charge is 0.306 e. The number of esters is 1. The van der Waals surface area contributed by atoms with Gasteiger partial charge in [-0.1, -0.05) is 52.9 Å². The Hall–Kier alpha value is -4.61. The lowest BCUT2D eigenvalue weighted by Gasteiger charge is -2.30. The molecule has 0 saturated carbocycles. The Kier molecular flexibility index (Phi) is 12.3. The molecule has 2 aromatic carbocycles. The van der Waals surface area contributed by atoms with E-state index >= 15 is 0 Å². The fraction of sp³-hybridized carbons (Fsp3) is 0.425. The topological polar surface area (TPSA) is 82.5 Å². The van der Waals surface area contributed by atoms with Crippen molar-refractivity contribution in [2.75, 3.05) is 24.6 Å². The van der Waals surface area contributed by atoms with E-state index in [4.69, 9.17) is 24.0 Å². The Labute approximate surface area is 285 Å². The summed E-state index contributed by atoms with van der Waals surface area (Å²) in [7, 11) is 0. The van der Waals surface area contributed by atoms with Crippen LogP contribution in [0.25, 0.3) is 0 Å². The molecule has 8 nitrogen and oxygen atoms in total. The quantitative estimate of drug-likeness (QED) is 0.0722. The molecule has 3 heterocycles. The lowest BCUT2D eigenvalue weighted by atomic mass is 10.1. The molecule has 0 N–H and O–H groups in total. The molecular formula is C40H47N3O5. The molecule has 48 heavy (non-hydrogen) atoms. The molecular weight excluding hydrogens is 602 g/mol. The van der Waals surface area contributed by atoms with E-state index < -0.39 is 18.3 Å². The Bertz CT molecular complexity index is 1640. The van der Waals surface area contributed by atoms with Gasteiger partial charge in [0.2, 0.25) is 0 Å². The average Bonchev–Trinajstić information content (AvgIpc) is 3.28. The number of benzene rings is 2. The molecule has 3 aromatic rings. The summed E-state index contributed by atoms with van der Waals surface area (Å²) in [6.07, 6.45) is 6.15. The summed E-state index contributed by atoms with van der Waals surface area (Å²) in [6, 6.07) is 19.8. The number of pyridine rings is 1. The van der Waals surface area contributed by atoms with Gasteiger partial charge in [0.1, 0.15) is 36.8 Å². The molecule has 5 rings (SSSR count). The van der Waals surface area contributed by atoms with E-state index in [0.717, 1.165) is 48.3 Å². The number of fused-ring (bicyclic) bond motifs is 1. The first-order chi connectivity index (χ1) is 23.2. The maximum Gasteiger partial charge on any atom is 0.306 e. The molecule has 1 aromatic heterocycles. The first kappa shape index (κ1) is 34.7. The fourth-order valence-corrected chi connectivity index (χ4v) is 5.63. The summed E-state index contributed by atoms with van der Waals surface area (Å²) in [5, 5.41) is 4.34. The number of aryl methyl sites for hydroxylation is 4. The van der Waals surface area contributed by atoms with Gasteiger partial charge in [0.25, 0.3) is 0 Å². The number of anilines is 1. The third-order valence-electron chi connectivity index (χ3n) is 8.51. The Balaban J connectivity index is 1.12. The van der Waals surface area contributed by atoms with E-state index in [9.17, 15) is 4.79 Å². The Morgan fingerprint density at radius 3 is 2.65 bits per heavy atom. The van der Waals surface area contributed by atoms with Crippen molar-refractivity contribution in [2.45, 2.75) is 91.1 Å². The fourth-order valence-electron chi connectivity index (χ4n) is 5.63. The first-order valence-corrected chi connectivity index (χ1v) is 16.9. The van der Waals surface area contributed by atoms with Crippen LogP contribution >= 0.6 is 0 Å². The first-order valence-electron chi connectivity index (χ1n) is 16.9. The zero-order chi connectivity index (χ0) is 33.9. The molecule has 0 saturated heterocycles. The van der Waals surface area contributed by atoms with Crippen molar-refractivity contribution < 1.29 is 23.8 Å². The van der Waals surface area contributed by atoms with Crippen LogP contribution in [0.4, 0.5) is 5.69 Å². The highest BCUT2D eigenvalue weighted by Gasteiger charge is 2.30. The second-order valence-corrected chi connectivity index (χ2v) is 12.7. The average molecular weight is 650 g/mol. The summed E-state index contributed by atoms with van der Waals surface area (Å²) >= 11 is 0. The van der Waals surface area contributed by atoms with E-state index in [1.54, 1.807) is 0 Å². The second-order valence-electron chi connectivity index (χ2n) is 12.7. The van der Waals surface area contributed by atoms with Crippen LogP contribution in [0, 0.1) is 32.6 Å². The number of rotatable bonds is 11. The molecule has 0 radical (unpaired) electrons. The van der Waals surface area contributed by atoms with Crippen molar-refractivity contribution in [1.82, 2.24) is 4.98 Å². The minimum Gasteiger partial charge on any atom is -0.483 e. The van der Waals surface area contributed by atoms with Crippen molar-refractivity contribution in [3.05, 3.63) is 101 Å². The molecule has 8 heteroatoms. The normalized spacial score (nSPS) is 19.7. The van der Waals surface area contributed by atoms with Crippen molar-refractivity contribution in [3.63, 3.8) is 0 Å². The van der Waals surface area contributed by atoms with Gasteiger partial charge < -0.3 is 23.9 Å². The van der Waals surface area contributed by atoms with E-state index in [1.807, 2.05) is 87.5 Å². The van der Waals surface area contributed by atoms with Crippen LogP contribution in [0.1, 0.15) is 67.6 Å². The molecule has 0 spiro atoms. The number of hydrogen-bond acceptors (Lipinski definition) is 8. The zero-order valence-electron chi connectivity index (χ0n) is 28.8. The maximum absolute atomic E-state index is 12.8. The minimum atomic E-state index is -0.527. The van der Waals surface area contributed by atoms with Crippen molar-refractivity contribution in [2.24, 2.45) is 5.16 Å². The number of ether oxygens (including phenoxy) is 3. The van der Waals surface area contributed by atoms with Gasteiger partial charge in [-0.25, -0.2) is 0 Å². The molecule has 0 fully saturated rings. The van der Waals surface area contributed by atoms with Crippen LogP contribution < -0.4 is 9.64 Å². The summed E-state index contributed by atoms with van der Waals surface area (Å²) in [4.78, 5) is 25.9. The highest BCUT2D eigenvalue weighted by Crippen LogP contribution is 2.28. The molecule has 252 valence electrons. The van der Waals surface area contributed by atoms with Gasteiger partial charge in [0, 0.05) is 17.8 Å². The van der Waals surface area contributed by atoms with Crippen LogP contribution in [-0.4, -0.2) is 60.8 Å². The number of hydrogen-bond donors (Lipinski definition) is 0. The van der Waals surface area contributed by atoms with Gasteiger partial charge in [-0.2, -0.15) is 0 Å². The van der Waals surface area contributed by atoms with Crippen molar-refractivity contribution in [3.8, 4) is 17.6 Å². The van der Waals surface area contributed by atoms with Crippen LogP contribution in [0.15, 0.2) is 78.0 Å². The molecule has 2 aliphatic rings. The molecule has 4 atom stereocenters. The third kappa shape index (κ3) is 10.2. The van der Waals surface area contributed by atoms with E-state index in [2.05, 4.69) is 41.8 Å². The summed E-state index contributed by atoms with van der Waals surface area (Å²) in [5.41, 5.74) is 7.44. The summed E-state index contributed by atoms with van der Waals surface area (Å²) in [6.45, 7) is 11.8. The lowest BCUT2D eigenvalue weighted by molar-refractivity contribution is -0.151. The van der Waals surface area contributed by atoms with E-state index in [-0.39, 0.29) is 25.1 Å². The highest BCUT2D eigenvalue weighted by molar-refractivity contribution is 5.85. The Morgan fingerprint density at radius 2 is 1.85 bits per heavy atom. The predicted octanol–water partition coefficient (Wildman–Crippen LogP) is 7.08. The van der Waals surface area contributed by atoms with Gasteiger partial charge in [0.05, 0.1) is 30.1 Å². The summed E-state index contributed by atoms with van der Waals surface area (Å²) in [5.74, 6) is 6.69. The molecule has 0 aliphatic carbocycles. The number of oxime groups is 1. The molecule has 2 aliphatic heterocycles. The second kappa shape index (κ2) is 17.0. The number of nitrogens with zero attached hydrogens (tertiary/aromatic N) is 3. The standard InChI is InChI=1S/C40H47N3O5/c1-28-14-18-34(19-15-28)46-38-22-21-35(20-17-33-11-7-6-8-12-33)47-39(38)27-45-40(44)23-16-30(3)42-48-31(4)26-43-24-10-9-13-36-37(43)25-29(2)32(5)41-36/h6-8,11-12,14-15,18-19,21-22,25,31,35,38-39H,9-10,13,16,23-24,26-27H2,1-5H3/t31-,35+,38-,39+/m0/s1. The van der Waals surface area contributed by atoms with Gasteiger partial charge in [0.15, 0.2) is 0 Å². The van der Waals surface area contributed by atoms with Crippen LogP contribution in [-0.2, 0) is 25.5 Å². The highest BCUT2D eigenvalue weighted by atomic mass is 16.6. The summed E-state index contributed by atoms with van der Waals surface area (Å²) < 4.78 is 18.1. The third-order valence-corrected chi connectivity index (χ3v) is 8.51. The lowest BCUT2D eigenvalue weighted by Crippen LogP contribution is -2.42. The largest absolute Gasteiger partial charge is 0.483 e. The van der Waals surface area contributed by atoms with Gasteiger partial charge in [-0.05, 0) is 108 Å². The zero-order valence-corrected chi connectivity index (χ0v) is 28.8. The van der Waals surface area contributed by atoms with Gasteiger partial charge in [-0.3, -0.25) is 9.78 Å². The monoisotopic (exact) mass is 649 g/mol. The minimum absolute atomic E-state index is 0.0398. The number of carbonyl (C=O) groups is 1. The molecule has 0 bridgehead atoms. The van der Waals surface area contributed by atoms with Gasteiger partial charge >= 0.3 is 5.97 Å². The molecule has 0 amide bonds. The predicted molar refractivity (Wildman–Crippen MR) is 189 cm³/mol. The van der Waals surface area contributed by atoms with Crippen LogP contribution in [0.3, 0.4) is 0 Å². The Morgan fingerprint density at radius 1 is 1.06 bits per heavy atom. The van der Waals surface area contributed by atoms with E-state index in [0.29, 0.717) is 18.7 Å². The number of carbonyl (C=O) groups excluding carboxylic acids is 1. The van der Waals surface area contributed by atoms with Crippen molar-refractivity contribution in [1.29, 1.82) is 0 Å².